The van der Waals surface area contributed by atoms with Crippen molar-refractivity contribution in [3.63, 3.8) is 0 Å². The van der Waals surface area contributed by atoms with Crippen molar-refractivity contribution in [2.45, 2.75) is 52.2 Å². The van der Waals surface area contributed by atoms with Crippen molar-refractivity contribution in [3.8, 4) is 0 Å². The number of nitrogens with one attached hydrogen (secondary N) is 2. The van der Waals surface area contributed by atoms with Crippen LogP contribution in [0.5, 0.6) is 0 Å². The van der Waals surface area contributed by atoms with Crippen molar-refractivity contribution in [3.05, 3.63) is 29.0 Å². The molecule has 2 amide bonds. The molecule has 0 fully saturated rings. The number of hydrogen-bond donors (Lipinski definition) is 2. The SMILES string of the molecule is C[C@H](OC(=O)CCCNC(=O)OC(C)(C)C)C(=O)Nc1ccc(Cl)cc1F. The average molecular weight is 403 g/mol. The van der Waals surface area contributed by atoms with E-state index in [1.54, 1.807) is 20.8 Å². The molecule has 0 radical (unpaired) electrons. The maximum Gasteiger partial charge on any atom is 0.407 e. The molecule has 0 bridgehead atoms. The van der Waals surface area contributed by atoms with E-state index in [1.165, 1.54) is 19.1 Å². The van der Waals surface area contributed by atoms with Gasteiger partial charge >= 0.3 is 12.1 Å². The van der Waals surface area contributed by atoms with Crippen LogP contribution in [0.2, 0.25) is 5.02 Å². The monoisotopic (exact) mass is 402 g/mol. The Morgan fingerprint density at radius 2 is 1.93 bits per heavy atom. The fraction of sp³-hybridized carbons (Fsp3) is 0.500. The van der Waals surface area contributed by atoms with E-state index in [4.69, 9.17) is 21.1 Å². The fourth-order valence-corrected chi connectivity index (χ4v) is 2.03. The van der Waals surface area contributed by atoms with Crippen molar-refractivity contribution in [2.24, 2.45) is 0 Å². The van der Waals surface area contributed by atoms with Gasteiger partial charge in [0.15, 0.2) is 6.10 Å². The third kappa shape index (κ3) is 9.23. The van der Waals surface area contributed by atoms with E-state index in [0.29, 0.717) is 6.42 Å². The first kappa shape index (κ1) is 22.7. The molecule has 0 aliphatic rings. The van der Waals surface area contributed by atoms with Crippen LogP contribution in [0.4, 0.5) is 14.9 Å². The van der Waals surface area contributed by atoms with Gasteiger partial charge in [-0.05, 0) is 52.3 Å². The molecule has 150 valence electrons. The van der Waals surface area contributed by atoms with E-state index in [9.17, 15) is 18.8 Å². The van der Waals surface area contributed by atoms with Crippen LogP contribution in [0.1, 0.15) is 40.5 Å². The minimum absolute atomic E-state index is 0.00270. The van der Waals surface area contributed by atoms with Crippen molar-refractivity contribution in [1.29, 1.82) is 0 Å². The molecule has 1 rings (SSSR count). The molecule has 9 heteroatoms. The Morgan fingerprint density at radius 3 is 2.52 bits per heavy atom. The number of hydrogen-bond acceptors (Lipinski definition) is 5. The maximum absolute atomic E-state index is 13.7. The van der Waals surface area contributed by atoms with Crippen molar-refractivity contribution in [2.75, 3.05) is 11.9 Å². The minimum atomic E-state index is -1.11. The van der Waals surface area contributed by atoms with E-state index < -0.39 is 35.5 Å². The van der Waals surface area contributed by atoms with Crippen LogP contribution in [0.25, 0.3) is 0 Å². The lowest BCUT2D eigenvalue weighted by Crippen LogP contribution is -2.33. The maximum atomic E-state index is 13.7. The molecule has 1 aromatic carbocycles. The van der Waals surface area contributed by atoms with Crippen molar-refractivity contribution < 1.29 is 28.2 Å². The second kappa shape index (κ2) is 10.1. The van der Waals surface area contributed by atoms with Gasteiger partial charge in [0.25, 0.3) is 5.91 Å². The molecule has 1 atom stereocenters. The number of carbonyl (C=O) groups excluding carboxylic acids is 3. The summed E-state index contributed by atoms with van der Waals surface area (Å²) in [6.45, 7) is 6.82. The summed E-state index contributed by atoms with van der Waals surface area (Å²) in [5.41, 5.74) is -0.663. The number of halogens is 2. The number of carbonyl (C=O) groups is 3. The smallest absolute Gasteiger partial charge is 0.407 e. The topological polar surface area (TPSA) is 93.7 Å². The highest BCUT2D eigenvalue weighted by Crippen LogP contribution is 2.19. The van der Waals surface area contributed by atoms with Gasteiger partial charge in [-0.25, -0.2) is 9.18 Å². The molecule has 0 aliphatic carbocycles. The normalized spacial score (nSPS) is 12.1. The molecule has 27 heavy (non-hydrogen) atoms. The number of ether oxygens (including phenoxy) is 2. The molecule has 0 saturated heterocycles. The summed E-state index contributed by atoms with van der Waals surface area (Å²) in [6.07, 6.45) is -1.36. The molecule has 2 N–H and O–H groups in total. The lowest BCUT2D eigenvalue weighted by Gasteiger charge is -2.19. The van der Waals surface area contributed by atoms with Gasteiger partial charge in [0.05, 0.1) is 5.69 Å². The molecule has 1 aromatic rings. The lowest BCUT2D eigenvalue weighted by molar-refractivity contribution is -0.153. The highest BCUT2D eigenvalue weighted by molar-refractivity contribution is 6.30. The van der Waals surface area contributed by atoms with Crippen LogP contribution >= 0.6 is 11.6 Å². The zero-order valence-corrected chi connectivity index (χ0v) is 16.5. The minimum Gasteiger partial charge on any atom is -0.453 e. The quantitative estimate of drug-likeness (QED) is 0.536. The average Bonchev–Trinajstić information content (AvgIpc) is 2.52. The Balaban J connectivity index is 2.33. The van der Waals surface area contributed by atoms with Gasteiger partial charge in [0.2, 0.25) is 0 Å². The third-order valence-electron chi connectivity index (χ3n) is 3.09. The molecule has 0 aromatic heterocycles. The van der Waals surface area contributed by atoms with Crippen LogP contribution in [-0.2, 0) is 19.1 Å². The van der Waals surface area contributed by atoms with Crippen molar-refractivity contribution in [1.82, 2.24) is 5.32 Å². The number of amides is 2. The first-order chi connectivity index (χ1) is 12.5. The summed E-state index contributed by atoms with van der Waals surface area (Å²) in [4.78, 5) is 35.2. The number of alkyl carbamates (subject to hydrolysis) is 1. The van der Waals surface area contributed by atoms with Gasteiger partial charge in [0, 0.05) is 18.0 Å². The molecule has 0 spiro atoms. The van der Waals surface area contributed by atoms with E-state index >= 15 is 0 Å². The molecular formula is C18H24ClFN2O5. The number of anilines is 1. The summed E-state index contributed by atoms with van der Waals surface area (Å²) >= 11 is 5.64. The second-order valence-corrected chi connectivity index (χ2v) is 7.21. The summed E-state index contributed by atoms with van der Waals surface area (Å²) in [5.74, 6) is -1.97. The molecular weight excluding hydrogens is 379 g/mol. The zero-order chi connectivity index (χ0) is 20.6. The molecule has 0 aliphatic heterocycles. The van der Waals surface area contributed by atoms with Crippen molar-refractivity contribution >= 4 is 35.3 Å². The Bertz CT molecular complexity index is 691. The number of esters is 1. The van der Waals surface area contributed by atoms with Gasteiger partial charge in [-0.3, -0.25) is 9.59 Å². The molecule has 0 heterocycles. The largest absolute Gasteiger partial charge is 0.453 e. The predicted molar refractivity (Wildman–Crippen MR) is 99.1 cm³/mol. The van der Waals surface area contributed by atoms with E-state index in [-0.39, 0.29) is 23.7 Å². The molecule has 0 unspecified atom stereocenters. The molecule has 0 saturated carbocycles. The molecule has 7 nitrogen and oxygen atoms in total. The standard InChI is InChI=1S/C18H24ClFN2O5/c1-11(16(24)22-14-8-7-12(19)10-13(14)20)26-15(23)6-5-9-21-17(25)27-18(2,3)4/h7-8,10-11H,5-6,9H2,1-4H3,(H,21,25)(H,22,24)/t11-/m0/s1. The number of rotatable bonds is 7. The zero-order valence-electron chi connectivity index (χ0n) is 15.7. The second-order valence-electron chi connectivity index (χ2n) is 6.78. The summed E-state index contributed by atoms with van der Waals surface area (Å²) in [5, 5.41) is 5.04. The van der Waals surface area contributed by atoms with Crippen LogP contribution in [0, 0.1) is 5.82 Å². The Hall–Kier alpha value is -2.35. The van der Waals surface area contributed by atoms with Gasteiger partial charge in [-0.15, -0.1) is 0 Å². The first-order valence-electron chi connectivity index (χ1n) is 8.40. The Morgan fingerprint density at radius 1 is 1.26 bits per heavy atom. The first-order valence-corrected chi connectivity index (χ1v) is 8.78. The van der Waals surface area contributed by atoms with Gasteiger partial charge in [0.1, 0.15) is 11.4 Å². The Labute approximate surface area is 162 Å². The van der Waals surface area contributed by atoms with Gasteiger partial charge < -0.3 is 20.1 Å². The summed E-state index contributed by atoms with van der Waals surface area (Å²) < 4.78 is 23.7. The summed E-state index contributed by atoms with van der Waals surface area (Å²) in [7, 11) is 0. The van der Waals surface area contributed by atoms with Crippen LogP contribution in [0.3, 0.4) is 0 Å². The van der Waals surface area contributed by atoms with Gasteiger partial charge in [-0.2, -0.15) is 0 Å². The van der Waals surface area contributed by atoms with E-state index in [0.717, 1.165) is 6.07 Å². The third-order valence-corrected chi connectivity index (χ3v) is 3.33. The van der Waals surface area contributed by atoms with Crippen LogP contribution in [-0.4, -0.2) is 36.2 Å². The highest BCUT2D eigenvalue weighted by Gasteiger charge is 2.19. The number of benzene rings is 1. The predicted octanol–water partition coefficient (Wildman–Crippen LogP) is 3.65. The van der Waals surface area contributed by atoms with Crippen LogP contribution < -0.4 is 10.6 Å². The van der Waals surface area contributed by atoms with E-state index in [1.807, 2.05) is 0 Å². The fourth-order valence-electron chi connectivity index (χ4n) is 1.87. The Kier molecular flexibility index (Phi) is 8.49. The van der Waals surface area contributed by atoms with Crippen LogP contribution in [0.15, 0.2) is 18.2 Å². The highest BCUT2D eigenvalue weighted by atomic mass is 35.5. The summed E-state index contributed by atoms with van der Waals surface area (Å²) in [6, 6.07) is 3.80. The lowest BCUT2D eigenvalue weighted by atomic mass is 10.2. The van der Waals surface area contributed by atoms with Gasteiger partial charge in [-0.1, -0.05) is 11.6 Å². The van der Waals surface area contributed by atoms with E-state index in [2.05, 4.69) is 10.6 Å².